The number of carbonyl (C=O) groups excluding carboxylic acids is 2. The number of ketones is 1. The van der Waals surface area contributed by atoms with Crippen LogP contribution < -0.4 is 10.7 Å². The molecule has 0 aliphatic carbocycles. The van der Waals surface area contributed by atoms with Crippen LogP contribution in [0.15, 0.2) is 21.7 Å². The summed E-state index contributed by atoms with van der Waals surface area (Å²) in [5.41, 5.74) is -1.33. The predicted octanol–water partition coefficient (Wildman–Crippen LogP) is 2.08. The van der Waals surface area contributed by atoms with Crippen LogP contribution in [0.5, 0.6) is 0 Å². The van der Waals surface area contributed by atoms with Crippen LogP contribution in [0.3, 0.4) is 0 Å². The fraction of sp³-hybridized carbons (Fsp3) is 0.467. The molecule has 1 heterocycles. The number of hydrogen-bond donors (Lipinski definition) is 3. The van der Waals surface area contributed by atoms with E-state index in [1.807, 2.05) is 0 Å². The van der Waals surface area contributed by atoms with Gasteiger partial charge in [-0.2, -0.15) is 0 Å². The lowest BCUT2D eigenvalue weighted by atomic mass is 10.0. The molecule has 0 saturated heterocycles. The zero-order valence-electron chi connectivity index (χ0n) is 13.5. The van der Waals surface area contributed by atoms with Gasteiger partial charge in [-0.3, -0.25) is 9.59 Å². The van der Waals surface area contributed by atoms with E-state index in [9.17, 15) is 19.2 Å². The van der Waals surface area contributed by atoms with E-state index in [2.05, 4.69) is 26.2 Å². The molecule has 0 aliphatic heterocycles. The molecule has 0 bridgehead atoms. The molecule has 0 aromatic carbocycles. The molecule has 0 saturated carbocycles. The van der Waals surface area contributed by atoms with Gasteiger partial charge in [0.1, 0.15) is 11.6 Å². The fourth-order valence-corrected chi connectivity index (χ4v) is 2.13. The summed E-state index contributed by atoms with van der Waals surface area (Å²) in [4.78, 5) is 49.4. The van der Waals surface area contributed by atoms with Gasteiger partial charge >= 0.3 is 12.1 Å². The average molecular weight is 403 g/mol. The molecule has 1 amide bonds. The first-order valence-electron chi connectivity index (χ1n) is 7.13. The number of Topliss-reactive ketones (excluding diaryl/α,β-unsaturated/α-hetero) is 1. The number of aliphatic carboxylic acids is 1. The van der Waals surface area contributed by atoms with Gasteiger partial charge in [-0.25, -0.2) is 9.59 Å². The Hall–Kier alpha value is -2.16. The van der Waals surface area contributed by atoms with Crippen molar-refractivity contribution >= 4 is 33.8 Å². The van der Waals surface area contributed by atoms with Gasteiger partial charge in [0.05, 0.1) is 10.0 Å². The van der Waals surface area contributed by atoms with Gasteiger partial charge in [-0.05, 0) is 43.1 Å². The van der Waals surface area contributed by atoms with E-state index < -0.39 is 34.9 Å². The van der Waals surface area contributed by atoms with Gasteiger partial charge in [0.25, 0.3) is 0 Å². The minimum Gasteiger partial charge on any atom is -0.480 e. The molecule has 3 N–H and O–H groups in total. The Morgan fingerprint density at radius 1 is 1.33 bits per heavy atom. The number of aromatic nitrogens is 1. The molecule has 0 aliphatic rings. The fourth-order valence-electron chi connectivity index (χ4n) is 1.78. The van der Waals surface area contributed by atoms with Crippen LogP contribution in [0.4, 0.5) is 4.79 Å². The Labute approximate surface area is 146 Å². The van der Waals surface area contributed by atoms with Crippen molar-refractivity contribution in [1.82, 2.24) is 10.3 Å². The highest BCUT2D eigenvalue weighted by Gasteiger charge is 2.25. The van der Waals surface area contributed by atoms with Crippen molar-refractivity contribution in [3.8, 4) is 0 Å². The first kappa shape index (κ1) is 19.9. The predicted molar refractivity (Wildman–Crippen MR) is 89.1 cm³/mol. The van der Waals surface area contributed by atoms with E-state index in [0.717, 1.165) is 0 Å². The minimum absolute atomic E-state index is 0.0780. The number of hydrogen-bond acceptors (Lipinski definition) is 5. The third-order valence-electron chi connectivity index (χ3n) is 2.85. The van der Waals surface area contributed by atoms with Crippen molar-refractivity contribution in [2.75, 3.05) is 0 Å². The van der Waals surface area contributed by atoms with Crippen molar-refractivity contribution in [3.63, 3.8) is 0 Å². The Morgan fingerprint density at radius 2 is 1.96 bits per heavy atom. The number of carbonyl (C=O) groups is 3. The number of pyridine rings is 1. The normalized spacial score (nSPS) is 12.3. The lowest BCUT2D eigenvalue weighted by molar-refractivity contribution is -0.139. The maximum atomic E-state index is 12.1. The van der Waals surface area contributed by atoms with E-state index in [-0.39, 0.29) is 22.9 Å². The van der Waals surface area contributed by atoms with E-state index in [0.29, 0.717) is 0 Å². The number of amides is 1. The number of nitrogens with one attached hydrogen (secondary N) is 2. The van der Waals surface area contributed by atoms with Crippen molar-refractivity contribution in [2.24, 2.45) is 0 Å². The van der Waals surface area contributed by atoms with Crippen LogP contribution >= 0.6 is 15.9 Å². The maximum Gasteiger partial charge on any atom is 0.408 e. The molecule has 1 aromatic rings. The molecule has 0 fully saturated rings. The second-order valence-electron chi connectivity index (χ2n) is 6.04. The van der Waals surface area contributed by atoms with E-state index >= 15 is 0 Å². The van der Waals surface area contributed by atoms with E-state index in [1.54, 1.807) is 20.8 Å². The molecule has 1 aromatic heterocycles. The summed E-state index contributed by atoms with van der Waals surface area (Å²) in [5, 5.41) is 11.3. The van der Waals surface area contributed by atoms with Gasteiger partial charge in [0.15, 0.2) is 5.78 Å². The Kier molecular flexibility index (Phi) is 6.70. The SMILES string of the molecule is CC(C)(C)OC(=O)N[C@H](CCC(=O)c1c[nH]cc(Br)c1=O)C(=O)O. The standard InChI is InChI=1S/C15H19BrN2O6/c1-15(2,3)24-14(23)18-10(13(21)22)4-5-11(19)8-6-17-7-9(16)12(8)20/h6-7,10H,4-5H2,1-3H3,(H,17,20)(H,18,23)(H,21,22)/t10-/m1/s1. The average Bonchev–Trinajstić information content (AvgIpc) is 2.43. The van der Waals surface area contributed by atoms with Gasteiger partial charge in [0, 0.05) is 18.8 Å². The zero-order chi connectivity index (χ0) is 18.5. The van der Waals surface area contributed by atoms with Crippen molar-refractivity contribution in [3.05, 3.63) is 32.7 Å². The zero-order valence-corrected chi connectivity index (χ0v) is 15.1. The first-order valence-corrected chi connectivity index (χ1v) is 7.92. The largest absolute Gasteiger partial charge is 0.480 e. The molecule has 0 unspecified atom stereocenters. The summed E-state index contributed by atoms with van der Waals surface area (Å²) in [7, 11) is 0. The van der Waals surface area contributed by atoms with Gasteiger partial charge in [0.2, 0.25) is 5.43 Å². The highest BCUT2D eigenvalue weighted by molar-refractivity contribution is 9.10. The summed E-state index contributed by atoms with van der Waals surface area (Å²) in [6.45, 7) is 4.93. The summed E-state index contributed by atoms with van der Waals surface area (Å²) in [6, 6.07) is -1.30. The molecule has 0 radical (unpaired) electrons. The molecular formula is C15H19BrN2O6. The van der Waals surface area contributed by atoms with Crippen LogP contribution in [0, 0.1) is 0 Å². The number of ether oxygens (including phenoxy) is 1. The minimum atomic E-state index is -1.30. The summed E-state index contributed by atoms with van der Waals surface area (Å²) < 4.78 is 5.19. The lowest BCUT2D eigenvalue weighted by Crippen LogP contribution is -2.43. The number of rotatable bonds is 6. The third-order valence-corrected chi connectivity index (χ3v) is 3.44. The summed E-state index contributed by atoms with van der Waals surface area (Å²) in [6.07, 6.45) is 1.38. The molecule has 1 atom stereocenters. The van der Waals surface area contributed by atoms with Crippen LogP contribution in [-0.4, -0.2) is 39.6 Å². The maximum absolute atomic E-state index is 12.1. The number of alkyl carbamates (subject to hydrolysis) is 1. The van der Waals surface area contributed by atoms with E-state index in [1.165, 1.54) is 12.4 Å². The third kappa shape index (κ3) is 6.15. The van der Waals surface area contributed by atoms with Crippen molar-refractivity contribution in [2.45, 2.75) is 45.3 Å². The Balaban J connectivity index is 2.72. The van der Waals surface area contributed by atoms with Crippen LogP contribution in [0.2, 0.25) is 0 Å². The molecule has 0 spiro atoms. The molecular weight excluding hydrogens is 384 g/mol. The molecule has 1 rings (SSSR count). The summed E-state index contributed by atoms with van der Waals surface area (Å²) in [5.74, 6) is -1.81. The monoisotopic (exact) mass is 402 g/mol. The van der Waals surface area contributed by atoms with Crippen LogP contribution in [-0.2, 0) is 9.53 Å². The Morgan fingerprint density at radius 3 is 2.50 bits per heavy atom. The number of aromatic amines is 1. The highest BCUT2D eigenvalue weighted by atomic mass is 79.9. The van der Waals surface area contributed by atoms with Crippen molar-refractivity contribution < 1.29 is 24.2 Å². The van der Waals surface area contributed by atoms with Crippen LogP contribution in [0.1, 0.15) is 44.0 Å². The molecule has 9 heteroatoms. The second-order valence-corrected chi connectivity index (χ2v) is 6.90. The topological polar surface area (TPSA) is 126 Å². The number of carboxylic acids is 1. The van der Waals surface area contributed by atoms with Gasteiger partial charge in [-0.1, -0.05) is 0 Å². The number of H-pyrrole nitrogens is 1. The van der Waals surface area contributed by atoms with Crippen molar-refractivity contribution in [1.29, 1.82) is 0 Å². The Bertz CT molecular complexity index is 692. The number of halogens is 1. The summed E-state index contributed by atoms with van der Waals surface area (Å²) >= 11 is 3.01. The molecule has 132 valence electrons. The second kappa shape index (κ2) is 8.09. The highest BCUT2D eigenvalue weighted by Crippen LogP contribution is 2.10. The van der Waals surface area contributed by atoms with Gasteiger partial charge in [-0.15, -0.1) is 0 Å². The quantitative estimate of drug-likeness (QED) is 0.625. The molecule has 24 heavy (non-hydrogen) atoms. The number of carboxylic acid groups (broad SMARTS) is 1. The first-order chi connectivity index (χ1) is 11.0. The van der Waals surface area contributed by atoms with Gasteiger partial charge < -0.3 is 20.1 Å². The lowest BCUT2D eigenvalue weighted by Gasteiger charge is -2.21. The molecule has 8 nitrogen and oxygen atoms in total. The van der Waals surface area contributed by atoms with Crippen LogP contribution in [0.25, 0.3) is 0 Å². The smallest absolute Gasteiger partial charge is 0.408 e. The van der Waals surface area contributed by atoms with E-state index in [4.69, 9.17) is 9.84 Å².